The Morgan fingerprint density at radius 2 is 1.62 bits per heavy atom. The van der Waals surface area contributed by atoms with Gasteiger partial charge in [0.1, 0.15) is 6.54 Å². The van der Waals surface area contributed by atoms with E-state index < -0.39 is 6.09 Å². The molecule has 1 atom stereocenters. The number of nitriles is 1. The predicted molar refractivity (Wildman–Crippen MR) is 114 cm³/mol. The number of rotatable bonds is 9. The molecule has 0 aliphatic carbocycles. The van der Waals surface area contributed by atoms with E-state index in [1.165, 1.54) is 11.8 Å². The molecule has 0 bridgehead atoms. The largest absolute Gasteiger partial charge is 0.465 e. The molecule has 2 aromatic rings. The van der Waals surface area contributed by atoms with Crippen molar-refractivity contribution in [2.75, 3.05) is 6.54 Å². The number of hydrogen-bond donors (Lipinski definition) is 3. The van der Waals surface area contributed by atoms with Crippen LogP contribution in [0.2, 0.25) is 0 Å². The standard InChI is InChI=1S/C22H25N3O3S/c1-15(2)13-20(21(26)24-12-11-23)29-19-9-7-18(8-10-19)17-5-3-16(4-6-17)14-25-22(27)28/h3-10,15,20,25H,12-14H2,1-2H3,(H,24,26)(H,27,28). The molecule has 3 N–H and O–H groups in total. The quantitative estimate of drug-likeness (QED) is 0.422. The van der Waals surface area contributed by atoms with Crippen LogP contribution in [0.15, 0.2) is 53.4 Å². The third kappa shape index (κ3) is 7.51. The maximum Gasteiger partial charge on any atom is 0.404 e. The molecule has 2 rings (SSSR count). The first-order valence-electron chi connectivity index (χ1n) is 9.36. The fraction of sp³-hybridized carbons (Fsp3) is 0.318. The summed E-state index contributed by atoms with van der Waals surface area (Å²) in [7, 11) is 0. The van der Waals surface area contributed by atoms with Crippen molar-refractivity contribution >= 4 is 23.8 Å². The van der Waals surface area contributed by atoms with Gasteiger partial charge in [-0.15, -0.1) is 11.8 Å². The Hall–Kier alpha value is -2.98. The maximum absolute atomic E-state index is 12.3. The summed E-state index contributed by atoms with van der Waals surface area (Å²) >= 11 is 1.51. The summed E-state index contributed by atoms with van der Waals surface area (Å²) in [6, 6.07) is 17.6. The molecule has 0 heterocycles. The van der Waals surface area contributed by atoms with Crippen LogP contribution in [0.5, 0.6) is 0 Å². The van der Waals surface area contributed by atoms with E-state index in [9.17, 15) is 9.59 Å². The molecule has 2 aromatic carbocycles. The van der Waals surface area contributed by atoms with Crippen molar-refractivity contribution < 1.29 is 14.7 Å². The van der Waals surface area contributed by atoms with Crippen molar-refractivity contribution in [2.24, 2.45) is 5.92 Å². The fourth-order valence-electron chi connectivity index (χ4n) is 2.76. The zero-order chi connectivity index (χ0) is 21.2. The smallest absolute Gasteiger partial charge is 0.404 e. The Bertz CT molecular complexity index is 858. The first-order chi connectivity index (χ1) is 13.9. The van der Waals surface area contributed by atoms with E-state index in [2.05, 4.69) is 24.5 Å². The second-order valence-corrected chi connectivity index (χ2v) is 8.27. The highest BCUT2D eigenvalue weighted by atomic mass is 32.2. The first-order valence-corrected chi connectivity index (χ1v) is 10.2. The van der Waals surface area contributed by atoms with Crippen molar-refractivity contribution in [3.05, 3.63) is 54.1 Å². The van der Waals surface area contributed by atoms with Crippen LogP contribution < -0.4 is 10.6 Å². The number of nitrogens with zero attached hydrogens (tertiary/aromatic N) is 1. The minimum atomic E-state index is -1.04. The van der Waals surface area contributed by atoms with Crippen LogP contribution in [0.4, 0.5) is 4.79 Å². The number of thioether (sulfide) groups is 1. The monoisotopic (exact) mass is 411 g/mol. The zero-order valence-corrected chi connectivity index (χ0v) is 17.3. The summed E-state index contributed by atoms with van der Waals surface area (Å²) in [6.45, 7) is 4.44. The minimum absolute atomic E-state index is 0.0188. The Kier molecular flexibility index (Phi) is 8.56. The molecule has 0 aromatic heterocycles. The summed E-state index contributed by atoms with van der Waals surface area (Å²) in [5, 5.41) is 22.1. The molecule has 152 valence electrons. The van der Waals surface area contributed by atoms with Crippen molar-refractivity contribution in [1.82, 2.24) is 10.6 Å². The topological polar surface area (TPSA) is 102 Å². The SMILES string of the molecule is CC(C)CC(Sc1ccc(-c2ccc(CNC(=O)O)cc2)cc1)C(=O)NCC#N. The number of carbonyl (C=O) groups is 2. The van der Waals surface area contributed by atoms with E-state index in [0.29, 0.717) is 5.92 Å². The van der Waals surface area contributed by atoms with Gasteiger partial charge in [0.05, 0.1) is 11.3 Å². The van der Waals surface area contributed by atoms with Gasteiger partial charge in [0.25, 0.3) is 0 Å². The van der Waals surface area contributed by atoms with E-state index in [1.807, 2.05) is 54.6 Å². The summed E-state index contributed by atoms with van der Waals surface area (Å²) in [6.07, 6.45) is -0.311. The first kappa shape index (κ1) is 22.3. The molecule has 29 heavy (non-hydrogen) atoms. The number of nitrogens with one attached hydrogen (secondary N) is 2. The summed E-state index contributed by atoms with van der Waals surface area (Å²) in [4.78, 5) is 23.9. The average Bonchev–Trinajstić information content (AvgIpc) is 2.70. The van der Waals surface area contributed by atoms with Crippen LogP contribution in [-0.4, -0.2) is 28.9 Å². The van der Waals surface area contributed by atoms with E-state index in [4.69, 9.17) is 10.4 Å². The van der Waals surface area contributed by atoms with Crippen LogP contribution in [0, 0.1) is 17.2 Å². The van der Waals surface area contributed by atoms with Gasteiger partial charge in [-0.25, -0.2) is 4.79 Å². The third-order valence-corrected chi connectivity index (χ3v) is 5.42. The molecular weight excluding hydrogens is 386 g/mol. The van der Waals surface area contributed by atoms with Gasteiger partial charge in [-0.3, -0.25) is 4.79 Å². The van der Waals surface area contributed by atoms with Crippen LogP contribution in [0.25, 0.3) is 11.1 Å². The van der Waals surface area contributed by atoms with E-state index in [1.54, 1.807) is 0 Å². The predicted octanol–water partition coefficient (Wildman–Crippen LogP) is 4.27. The van der Waals surface area contributed by atoms with Crippen LogP contribution in [0.3, 0.4) is 0 Å². The Balaban J connectivity index is 2.05. The minimum Gasteiger partial charge on any atom is -0.465 e. The highest BCUT2D eigenvalue weighted by Crippen LogP contribution is 2.30. The molecule has 0 fully saturated rings. The van der Waals surface area contributed by atoms with Gasteiger partial charge in [-0.2, -0.15) is 5.26 Å². The number of carbonyl (C=O) groups excluding carboxylic acids is 1. The second-order valence-electron chi connectivity index (χ2n) is 6.99. The molecule has 7 heteroatoms. The molecule has 0 aliphatic heterocycles. The lowest BCUT2D eigenvalue weighted by atomic mass is 10.0. The van der Waals surface area contributed by atoms with Gasteiger partial charge in [0.2, 0.25) is 5.91 Å². The lowest BCUT2D eigenvalue weighted by Crippen LogP contribution is -2.33. The average molecular weight is 412 g/mol. The molecule has 0 spiro atoms. The molecule has 2 amide bonds. The highest BCUT2D eigenvalue weighted by molar-refractivity contribution is 8.00. The molecule has 1 unspecified atom stereocenters. The van der Waals surface area contributed by atoms with Crippen molar-refractivity contribution in [2.45, 2.75) is 37.0 Å². The van der Waals surface area contributed by atoms with E-state index in [-0.39, 0.29) is 24.2 Å². The molecule has 0 saturated carbocycles. The second kappa shape index (κ2) is 11.1. The van der Waals surface area contributed by atoms with E-state index in [0.717, 1.165) is 28.0 Å². The van der Waals surface area contributed by atoms with Crippen LogP contribution in [-0.2, 0) is 11.3 Å². The summed E-state index contributed by atoms with van der Waals surface area (Å²) < 4.78 is 0. The van der Waals surface area contributed by atoms with Crippen molar-refractivity contribution in [3.8, 4) is 17.2 Å². The number of hydrogen-bond acceptors (Lipinski definition) is 4. The Morgan fingerprint density at radius 3 is 2.14 bits per heavy atom. The maximum atomic E-state index is 12.3. The van der Waals surface area contributed by atoms with Crippen molar-refractivity contribution in [3.63, 3.8) is 0 Å². The molecular formula is C22H25N3O3S. The Labute approximate surface area is 175 Å². The fourth-order valence-corrected chi connectivity index (χ4v) is 4.05. The lowest BCUT2D eigenvalue weighted by molar-refractivity contribution is -0.120. The van der Waals surface area contributed by atoms with Gasteiger partial charge in [0, 0.05) is 11.4 Å². The van der Waals surface area contributed by atoms with E-state index >= 15 is 0 Å². The summed E-state index contributed by atoms with van der Waals surface area (Å²) in [5.41, 5.74) is 2.97. The number of carboxylic acid groups (broad SMARTS) is 1. The summed E-state index contributed by atoms with van der Waals surface area (Å²) in [5.74, 6) is 0.258. The normalized spacial score (nSPS) is 11.5. The van der Waals surface area contributed by atoms with Gasteiger partial charge >= 0.3 is 6.09 Å². The van der Waals surface area contributed by atoms with Crippen LogP contribution >= 0.6 is 11.8 Å². The third-order valence-electron chi connectivity index (χ3n) is 4.18. The number of benzene rings is 2. The molecule has 0 radical (unpaired) electrons. The van der Waals surface area contributed by atoms with Gasteiger partial charge in [-0.1, -0.05) is 50.2 Å². The van der Waals surface area contributed by atoms with Gasteiger partial charge < -0.3 is 15.7 Å². The molecule has 0 aliphatic rings. The van der Waals surface area contributed by atoms with Gasteiger partial charge in [0.15, 0.2) is 0 Å². The zero-order valence-electron chi connectivity index (χ0n) is 16.5. The Morgan fingerprint density at radius 1 is 1.03 bits per heavy atom. The van der Waals surface area contributed by atoms with Gasteiger partial charge in [-0.05, 0) is 41.2 Å². The lowest BCUT2D eigenvalue weighted by Gasteiger charge is -2.17. The number of amides is 2. The van der Waals surface area contributed by atoms with Crippen molar-refractivity contribution in [1.29, 1.82) is 5.26 Å². The molecule has 0 saturated heterocycles. The molecule has 6 nitrogen and oxygen atoms in total. The highest BCUT2D eigenvalue weighted by Gasteiger charge is 2.20. The van der Waals surface area contributed by atoms with Crippen LogP contribution in [0.1, 0.15) is 25.8 Å².